The molecule has 0 fully saturated rings. The standard InChI is InChI=1S/C28H24FNO5/c1-3-34-21-11-6-18(7-12-21)25-24-26(31)22-16-19(29)8-13-23(22)35-27(24)28(32)30(25)15-14-17-4-9-20(33-2)10-5-17/h4-13,16,25H,3,14-15H2,1-2H3. The highest BCUT2D eigenvalue weighted by Crippen LogP contribution is 2.38. The Labute approximate surface area is 201 Å². The van der Waals surface area contributed by atoms with E-state index >= 15 is 0 Å². The van der Waals surface area contributed by atoms with E-state index < -0.39 is 17.3 Å². The van der Waals surface area contributed by atoms with Gasteiger partial charge in [-0.3, -0.25) is 9.59 Å². The van der Waals surface area contributed by atoms with Crippen LogP contribution >= 0.6 is 0 Å². The lowest BCUT2D eigenvalue weighted by atomic mass is 9.98. The lowest BCUT2D eigenvalue weighted by Crippen LogP contribution is -2.31. The lowest BCUT2D eigenvalue weighted by molar-refractivity contribution is 0.0730. The molecule has 4 aromatic rings. The van der Waals surface area contributed by atoms with Gasteiger partial charge in [-0.05, 0) is 66.9 Å². The Morgan fingerprint density at radius 3 is 2.37 bits per heavy atom. The predicted octanol–water partition coefficient (Wildman–Crippen LogP) is 5.13. The molecule has 1 aromatic heterocycles. The number of benzene rings is 3. The number of halogens is 1. The zero-order valence-electron chi connectivity index (χ0n) is 19.4. The van der Waals surface area contributed by atoms with Crippen LogP contribution in [0, 0.1) is 5.82 Å². The van der Waals surface area contributed by atoms with Crippen LogP contribution in [-0.4, -0.2) is 31.1 Å². The van der Waals surface area contributed by atoms with E-state index in [0.717, 1.165) is 22.9 Å². The third kappa shape index (κ3) is 4.14. The van der Waals surface area contributed by atoms with Crippen LogP contribution in [0.3, 0.4) is 0 Å². The molecule has 0 radical (unpaired) electrons. The minimum atomic E-state index is -0.657. The Morgan fingerprint density at radius 1 is 0.971 bits per heavy atom. The molecular formula is C28H24FNO5. The first-order chi connectivity index (χ1) is 17.0. The van der Waals surface area contributed by atoms with Crippen molar-refractivity contribution >= 4 is 16.9 Å². The van der Waals surface area contributed by atoms with Gasteiger partial charge in [0.2, 0.25) is 5.76 Å². The number of hydrogen-bond acceptors (Lipinski definition) is 5. The molecule has 2 heterocycles. The zero-order chi connectivity index (χ0) is 24.5. The monoisotopic (exact) mass is 473 g/mol. The van der Waals surface area contributed by atoms with Crippen molar-refractivity contribution in [2.45, 2.75) is 19.4 Å². The highest BCUT2D eigenvalue weighted by atomic mass is 19.1. The number of hydrogen-bond donors (Lipinski definition) is 0. The van der Waals surface area contributed by atoms with Gasteiger partial charge in [0.05, 0.1) is 30.7 Å². The molecular weight excluding hydrogens is 449 g/mol. The fourth-order valence-corrected chi connectivity index (χ4v) is 4.52. The summed E-state index contributed by atoms with van der Waals surface area (Å²) >= 11 is 0. The van der Waals surface area contributed by atoms with Crippen molar-refractivity contribution in [2.75, 3.05) is 20.3 Å². The van der Waals surface area contributed by atoms with E-state index in [0.29, 0.717) is 25.3 Å². The van der Waals surface area contributed by atoms with Crippen molar-refractivity contribution in [3.63, 3.8) is 0 Å². The summed E-state index contributed by atoms with van der Waals surface area (Å²) in [6.07, 6.45) is 0.569. The predicted molar refractivity (Wildman–Crippen MR) is 130 cm³/mol. The zero-order valence-corrected chi connectivity index (χ0v) is 19.4. The molecule has 178 valence electrons. The van der Waals surface area contributed by atoms with Gasteiger partial charge in [0.15, 0.2) is 5.43 Å². The summed E-state index contributed by atoms with van der Waals surface area (Å²) in [5.74, 6) is 0.541. The number of carbonyl (C=O) groups excluding carboxylic acids is 1. The van der Waals surface area contributed by atoms with Crippen LogP contribution in [0.15, 0.2) is 75.9 Å². The SMILES string of the molecule is CCOc1ccc(C2c3c(oc4ccc(F)cc4c3=O)C(=O)N2CCc2ccc(OC)cc2)cc1. The number of rotatable bonds is 7. The number of methoxy groups -OCH3 is 1. The largest absolute Gasteiger partial charge is 0.497 e. The van der Waals surface area contributed by atoms with Crippen molar-refractivity contribution in [1.82, 2.24) is 4.90 Å². The summed E-state index contributed by atoms with van der Waals surface area (Å²) in [7, 11) is 1.61. The van der Waals surface area contributed by atoms with Crippen molar-refractivity contribution in [3.8, 4) is 11.5 Å². The van der Waals surface area contributed by atoms with Crippen LogP contribution in [0.4, 0.5) is 4.39 Å². The Hall–Kier alpha value is -4.13. The van der Waals surface area contributed by atoms with Crippen molar-refractivity contribution in [2.24, 2.45) is 0 Å². The fraction of sp³-hybridized carbons (Fsp3) is 0.214. The summed E-state index contributed by atoms with van der Waals surface area (Å²) in [4.78, 5) is 28.7. The Morgan fingerprint density at radius 2 is 1.69 bits per heavy atom. The van der Waals surface area contributed by atoms with Crippen LogP contribution in [0.1, 0.15) is 40.2 Å². The average molecular weight is 474 g/mol. The third-order valence-corrected chi connectivity index (χ3v) is 6.23. The Bertz CT molecular complexity index is 1440. The fourth-order valence-electron chi connectivity index (χ4n) is 4.52. The van der Waals surface area contributed by atoms with Gasteiger partial charge >= 0.3 is 0 Å². The van der Waals surface area contributed by atoms with Gasteiger partial charge in [0, 0.05) is 6.54 Å². The van der Waals surface area contributed by atoms with Gasteiger partial charge < -0.3 is 18.8 Å². The first kappa shape index (κ1) is 22.7. The molecule has 5 rings (SSSR count). The molecule has 1 amide bonds. The average Bonchev–Trinajstić information content (AvgIpc) is 3.16. The number of amides is 1. The Balaban J connectivity index is 1.58. The number of nitrogens with zero attached hydrogens (tertiary/aromatic N) is 1. The molecule has 6 nitrogen and oxygen atoms in total. The number of carbonyl (C=O) groups is 1. The molecule has 3 aromatic carbocycles. The molecule has 0 aliphatic carbocycles. The summed E-state index contributed by atoms with van der Waals surface area (Å²) in [5, 5.41) is 0.115. The molecule has 1 unspecified atom stereocenters. The summed E-state index contributed by atoms with van der Waals surface area (Å²) in [5.41, 5.74) is 1.78. The van der Waals surface area contributed by atoms with Crippen molar-refractivity contribution in [3.05, 3.63) is 105 Å². The van der Waals surface area contributed by atoms with E-state index in [-0.39, 0.29) is 28.2 Å². The summed E-state index contributed by atoms with van der Waals surface area (Å²) in [6, 6.07) is 18.0. The topological polar surface area (TPSA) is 69.0 Å². The van der Waals surface area contributed by atoms with E-state index in [1.807, 2.05) is 55.5 Å². The molecule has 0 N–H and O–H groups in total. The van der Waals surface area contributed by atoms with E-state index in [9.17, 15) is 14.0 Å². The lowest BCUT2D eigenvalue weighted by Gasteiger charge is -2.25. The normalized spacial score (nSPS) is 14.9. The van der Waals surface area contributed by atoms with Gasteiger partial charge in [0.25, 0.3) is 5.91 Å². The second-order valence-electron chi connectivity index (χ2n) is 8.32. The molecule has 0 saturated carbocycles. The second kappa shape index (κ2) is 9.25. The van der Waals surface area contributed by atoms with Crippen LogP contribution in [-0.2, 0) is 6.42 Å². The van der Waals surface area contributed by atoms with E-state index in [4.69, 9.17) is 13.9 Å². The molecule has 0 bridgehead atoms. The smallest absolute Gasteiger partial charge is 0.290 e. The molecule has 7 heteroatoms. The molecule has 0 saturated heterocycles. The van der Waals surface area contributed by atoms with Crippen molar-refractivity contribution < 1.29 is 23.1 Å². The Kier molecular flexibility index (Phi) is 5.99. The van der Waals surface area contributed by atoms with Crippen LogP contribution in [0.5, 0.6) is 11.5 Å². The van der Waals surface area contributed by atoms with Gasteiger partial charge in [0.1, 0.15) is 22.9 Å². The van der Waals surface area contributed by atoms with Gasteiger partial charge in [-0.1, -0.05) is 24.3 Å². The maximum atomic E-state index is 13.9. The van der Waals surface area contributed by atoms with Gasteiger partial charge in [-0.2, -0.15) is 0 Å². The molecule has 1 aliphatic heterocycles. The third-order valence-electron chi connectivity index (χ3n) is 6.23. The van der Waals surface area contributed by atoms with Crippen LogP contribution < -0.4 is 14.9 Å². The second-order valence-corrected chi connectivity index (χ2v) is 8.32. The summed E-state index contributed by atoms with van der Waals surface area (Å²) < 4.78 is 30.6. The van der Waals surface area contributed by atoms with Gasteiger partial charge in [-0.15, -0.1) is 0 Å². The first-order valence-electron chi connectivity index (χ1n) is 11.4. The maximum Gasteiger partial charge on any atom is 0.290 e. The number of ether oxygens (including phenoxy) is 2. The van der Waals surface area contributed by atoms with E-state index in [2.05, 4.69) is 0 Å². The van der Waals surface area contributed by atoms with E-state index in [1.165, 1.54) is 12.1 Å². The molecule has 1 aliphatic rings. The minimum Gasteiger partial charge on any atom is -0.497 e. The first-order valence-corrected chi connectivity index (χ1v) is 11.4. The highest BCUT2D eigenvalue weighted by molar-refractivity contribution is 5.99. The number of fused-ring (bicyclic) bond motifs is 2. The maximum absolute atomic E-state index is 13.9. The molecule has 35 heavy (non-hydrogen) atoms. The van der Waals surface area contributed by atoms with E-state index in [1.54, 1.807) is 12.0 Å². The van der Waals surface area contributed by atoms with Crippen molar-refractivity contribution in [1.29, 1.82) is 0 Å². The quantitative estimate of drug-likeness (QED) is 0.372. The van der Waals surface area contributed by atoms with Gasteiger partial charge in [-0.25, -0.2) is 4.39 Å². The van der Waals surface area contributed by atoms with Crippen LogP contribution in [0.2, 0.25) is 0 Å². The molecule has 1 atom stereocenters. The summed E-state index contributed by atoms with van der Waals surface area (Å²) in [6.45, 7) is 2.78. The highest BCUT2D eigenvalue weighted by Gasteiger charge is 2.42. The minimum absolute atomic E-state index is 0.00252. The molecule has 0 spiro atoms. The van der Waals surface area contributed by atoms with Crippen LogP contribution in [0.25, 0.3) is 11.0 Å².